The van der Waals surface area contributed by atoms with Crippen LogP contribution < -0.4 is 16.0 Å². The number of hydrogen-bond acceptors (Lipinski definition) is 3. The molecule has 0 saturated heterocycles. The highest BCUT2D eigenvalue weighted by Gasteiger charge is 2.27. The molecule has 1 aromatic rings. The van der Waals surface area contributed by atoms with Gasteiger partial charge < -0.3 is 21.1 Å². The van der Waals surface area contributed by atoms with Crippen molar-refractivity contribution >= 4 is 11.9 Å². The Bertz CT molecular complexity index is 553. The van der Waals surface area contributed by atoms with Crippen molar-refractivity contribution < 1.29 is 9.90 Å². The fourth-order valence-corrected chi connectivity index (χ4v) is 2.18. The molecule has 1 unspecified atom stereocenters. The van der Waals surface area contributed by atoms with Crippen LogP contribution in [0, 0.1) is 5.41 Å². The van der Waals surface area contributed by atoms with E-state index in [2.05, 4.69) is 20.9 Å². The first-order chi connectivity index (χ1) is 11.2. The van der Waals surface area contributed by atoms with E-state index < -0.39 is 11.0 Å². The Labute approximate surface area is 144 Å². The van der Waals surface area contributed by atoms with Crippen molar-refractivity contribution in [3.8, 4) is 0 Å². The minimum absolute atomic E-state index is 0.0571. The number of aliphatic hydroxyl groups is 1. The van der Waals surface area contributed by atoms with E-state index in [9.17, 15) is 9.90 Å². The average molecular weight is 334 g/mol. The third-order valence-electron chi connectivity index (χ3n) is 3.81. The standard InChI is InChI=1S/C18H30N4O2/c1-6-20-16(21-12-17(2,3)15(23)19-5)22-13-18(4,24)14-10-8-7-9-11-14/h7-11,24H,6,12-13H2,1-5H3,(H,19,23)(H2,20,21,22). The third kappa shape index (κ3) is 5.85. The monoisotopic (exact) mass is 334 g/mol. The van der Waals surface area contributed by atoms with Gasteiger partial charge in [0.25, 0.3) is 0 Å². The fourth-order valence-electron chi connectivity index (χ4n) is 2.18. The number of nitrogens with one attached hydrogen (secondary N) is 3. The Balaban J connectivity index is 2.76. The van der Waals surface area contributed by atoms with Gasteiger partial charge in [-0.2, -0.15) is 0 Å². The van der Waals surface area contributed by atoms with E-state index in [-0.39, 0.29) is 5.91 Å². The molecule has 0 aliphatic carbocycles. The number of hydrogen-bond donors (Lipinski definition) is 4. The van der Waals surface area contributed by atoms with Crippen LogP contribution in [0.3, 0.4) is 0 Å². The first-order valence-electron chi connectivity index (χ1n) is 8.25. The molecule has 1 amide bonds. The highest BCUT2D eigenvalue weighted by molar-refractivity contribution is 5.83. The van der Waals surface area contributed by atoms with Crippen molar-refractivity contribution in [1.82, 2.24) is 16.0 Å². The van der Waals surface area contributed by atoms with Crippen LogP contribution in [0.5, 0.6) is 0 Å². The molecule has 1 rings (SSSR count). The molecule has 1 aromatic carbocycles. The lowest BCUT2D eigenvalue weighted by Gasteiger charge is -2.26. The summed E-state index contributed by atoms with van der Waals surface area (Å²) in [4.78, 5) is 16.3. The molecule has 134 valence electrons. The summed E-state index contributed by atoms with van der Waals surface area (Å²) in [5.41, 5.74) is -0.786. The summed E-state index contributed by atoms with van der Waals surface area (Å²) in [7, 11) is 1.62. The topological polar surface area (TPSA) is 85.8 Å². The van der Waals surface area contributed by atoms with Crippen LogP contribution in [0.15, 0.2) is 35.3 Å². The van der Waals surface area contributed by atoms with Gasteiger partial charge in [-0.05, 0) is 33.3 Å². The van der Waals surface area contributed by atoms with Crippen molar-refractivity contribution in [3.63, 3.8) is 0 Å². The molecule has 0 saturated carbocycles. The number of rotatable bonds is 7. The lowest BCUT2D eigenvalue weighted by Crippen LogP contribution is -2.45. The molecule has 6 nitrogen and oxygen atoms in total. The first-order valence-corrected chi connectivity index (χ1v) is 8.25. The Morgan fingerprint density at radius 1 is 1.17 bits per heavy atom. The maximum atomic E-state index is 11.8. The molecule has 24 heavy (non-hydrogen) atoms. The lowest BCUT2D eigenvalue weighted by molar-refractivity contribution is -0.128. The molecule has 0 aromatic heterocycles. The Hall–Kier alpha value is -2.08. The lowest BCUT2D eigenvalue weighted by atomic mass is 9.93. The minimum atomic E-state index is -1.02. The first kappa shape index (κ1) is 20.0. The largest absolute Gasteiger partial charge is 0.384 e. The third-order valence-corrected chi connectivity index (χ3v) is 3.81. The second kappa shape index (κ2) is 8.68. The molecule has 0 aliphatic heterocycles. The van der Waals surface area contributed by atoms with Gasteiger partial charge in [-0.15, -0.1) is 0 Å². The van der Waals surface area contributed by atoms with Crippen LogP contribution in [0.4, 0.5) is 0 Å². The smallest absolute Gasteiger partial charge is 0.227 e. The van der Waals surface area contributed by atoms with Crippen LogP contribution in [0.25, 0.3) is 0 Å². The van der Waals surface area contributed by atoms with Gasteiger partial charge in [0.15, 0.2) is 5.96 Å². The number of amides is 1. The van der Waals surface area contributed by atoms with Crippen molar-refractivity contribution in [2.45, 2.75) is 33.3 Å². The van der Waals surface area contributed by atoms with Crippen molar-refractivity contribution in [3.05, 3.63) is 35.9 Å². The highest BCUT2D eigenvalue weighted by atomic mass is 16.3. The van der Waals surface area contributed by atoms with Crippen LogP contribution in [-0.4, -0.2) is 43.7 Å². The normalized spacial score (nSPS) is 14.7. The molecule has 0 fully saturated rings. The number of carbonyl (C=O) groups is 1. The summed E-state index contributed by atoms with van der Waals surface area (Å²) in [5, 5.41) is 19.6. The van der Waals surface area contributed by atoms with Gasteiger partial charge in [0.2, 0.25) is 5.91 Å². The predicted molar refractivity (Wildman–Crippen MR) is 97.8 cm³/mol. The Morgan fingerprint density at radius 2 is 1.79 bits per heavy atom. The van der Waals surface area contributed by atoms with Crippen molar-refractivity contribution in [1.29, 1.82) is 0 Å². The van der Waals surface area contributed by atoms with Crippen molar-refractivity contribution in [2.75, 3.05) is 26.7 Å². The van der Waals surface area contributed by atoms with E-state index in [1.165, 1.54) is 0 Å². The second-order valence-electron chi connectivity index (χ2n) is 6.65. The molecular formula is C18H30N4O2. The summed E-state index contributed by atoms with van der Waals surface area (Å²) in [5.74, 6) is 0.518. The van der Waals surface area contributed by atoms with E-state index in [0.717, 1.165) is 5.56 Å². The zero-order valence-corrected chi connectivity index (χ0v) is 15.3. The van der Waals surface area contributed by atoms with Gasteiger partial charge >= 0.3 is 0 Å². The van der Waals surface area contributed by atoms with Crippen LogP contribution >= 0.6 is 0 Å². The molecule has 6 heteroatoms. The number of nitrogens with zero attached hydrogens (tertiary/aromatic N) is 1. The summed E-state index contributed by atoms with van der Waals surface area (Å²) in [6.07, 6.45) is 0. The van der Waals surface area contributed by atoms with E-state index in [1.54, 1.807) is 14.0 Å². The van der Waals surface area contributed by atoms with Gasteiger partial charge in [-0.3, -0.25) is 9.79 Å². The van der Waals surface area contributed by atoms with Gasteiger partial charge in [0.05, 0.1) is 18.5 Å². The molecule has 4 N–H and O–H groups in total. The van der Waals surface area contributed by atoms with Crippen LogP contribution in [-0.2, 0) is 10.4 Å². The van der Waals surface area contributed by atoms with E-state index in [0.29, 0.717) is 25.6 Å². The fraction of sp³-hybridized carbons (Fsp3) is 0.556. The van der Waals surface area contributed by atoms with Crippen molar-refractivity contribution in [2.24, 2.45) is 10.4 Å². The van der Waals surface area contributed by atoms with Crippen LogP contribution in [0.2, 0.25) is 0 Å². The number of guanidine groups is 1. The number of benzene rings is 1. The van der Waals surface area contributed by atoms with Gasteiger partial charge in [0.1, 0.15) is 5.60 Å². The molecule has 0 radical (unpaired) electrons. The van der Waals surface area contributed by atoms with Crippen LogP contribution in [0.1, 0.15) is 33.3 Å². The second-order valence-corrected chi connectivity index (χ2v) is 6.65. The van der Waals surface area contributed by atoms with E-state index in [4.69, 9.17) is 0 Å². The highest BCUT2D eigenvalue weighted by Crippen LogP contribution is 2.19. The quantitative estimate of drug-likeness (QED) is 0.446. The summed E-state index contributed by atoms with van der Waals surface area (Å²) >= 11 is 0. The molecule has 0 spiro atoms. The zero-order valence-electron chi connectivity index (χ0n) is 15.3. The zero-order chi connectivity index (χ0) is 18.2. The summed E-state index contributed by atoms with van der Waals surface area (Å²) in [6, 6.07) is 9.49. The predicted octanol–water partition coefficient (Wildman–Crippen LogP) is 1.22. The van der Waals surface area contributed by atoms with E-state index in [1.807, 2.05) is 51.1 Å². The molecule has 0 aliphatic rings. The van der Waals surface area contributed by atoms with Gasteiger partial charge in [-0.25, -0.2) is 0 Å². The number of carbonyl (C=O) groups excluding carboxylic acids is 1. The number of aliphatic imine (C=N–C) groups is 1. The van der Waals surface area contributed by atoms with Gasteiger partial charge in [-0.1, -0.05) is 30.3 Å². The summed E-state index contributed by atoms with van der Waals surface area (Å²) in [6.45, 7) is 8.76. The molecule has 0 bridgehead atoms. The van der Waals surface area contributed by atoms with E-state index >= 15 is 0 Å². The molecule has 1 atom stereocenters. The summed E-state index contributed by atoms with van der Waals surface area (Å²) < 4.78 is 0. The maximum absolute atomic E-state index is 11.8. The SMILES string of the molecule is CCNC(=NCC(C)(C)C(=O)NC)NCC(C)(O)c1ccccc1. The van der Waals surface area contributed by atoms with Gasteiger partial charge in [0, 0.05) is 13.6 Å². The molecular weight excluding hydrogens is 304 g/mol. The molecule has 0 heterocycles. The Kier molecular flexibility index (Phi) is 7.22. The Morgan fingerprint density at radius 3 is 2.33 bits per heavy atom. The minimum Gasteiger partial charge on any atom is -0.384 e. The average Bonchev–Trinajstić information content (AvgIpc) is 2.57. The maximum Gasteiger partial charge on any atom is 0.227 e.